The van der Waals surface area contributed by atoms with Crippen LogP contribution in [0, 0.1) is 0 Å². The molecule has 5 heteroatoms. The Bertz CT molecular complexity index is 490. The standard InChI is InChI=1S/C15H23N3O2/c1-10-8-12(6-7-18(10)2)17-14-9-11(15(19)20-3)4-5-13(14)16/h4-5,9-10,12,17H,6-8,16H2,1-3H3. The molecule has 1 aliphatic heterocycles. The minimum atomic E-state index is -0.343. The van der Waals surface area contributed by atoms with Gasteiger partial charge in [-0.25, -0.2) is 4.79 Å². The molecule has 0 aliphatic carbocycles. The quantitative estimate of drug-likeness (QED) is 0.653. The van der Waals surface area contributed by atoms with Crippen LogP contribution in [0.15, 0.2) is 18.2 Å². The number of ether oxygens (including phenoxy) is 1. The topological polar surface area (TPSA) is 67.6 Å². The number of nitrogen functional groups attached to an aromatic ring is 1. The number of rotatable bonds is 3. The molecule has 1 aromatic rings. The molecule has 0 amide bonds. The van der Waals surface area contributed by atoms with Gasteiger partial charge in [-0.05, 0) is 45.0 Å². The van der Waals surface area contributed by atoms with Gasteiger partial charge in [-0.2, -0.15) is 0 Å². The first-order chi connectivity index (χ1) is 9.51. The van der Waals surface area contributed by atoms with E-state index < -0.39 is 0 Å². The highest BCUT2D eigenvalue weighted by Gasteiger charge is 2.23. The monoisotopic (exact) mass is 277 g/mol. The van der Waals surface area contributed by atoms with Crippen LogP contribution in [0.25, 0.3) is 0 Å². The van der Waals surface area contributed by atoms with Crippen molar-refractivity contribution in [1.29, 1.82) is 0 Å². The fourth-order valence-corrected chi connectivity index (χ4v) is 2.57. The number of likely N-dealkylation sites (tertiary alicyclic amines) is 1. The van der Waals surface area contributed by atoms with Crippen molar-refractivity contribution in [2.24, 2.45) is 0 Å². The first-order valence-electron chi connectivity index (χ1n) is 6.96. The maximum Gasteiger partial charge on any atom is 0.337 e. The van der Waals surface area contributed by atoms with E-state index in [0.717, 1.165) is 25.1 Å². The second-order valence-electron chi connectivity index (χ2n) is 5.49. The van der Waals surface area contributed by atoms with Crippen LogP contribution in [0.2, 0.25) is 0 Å². The van der Waals surface area contributed by atoms with Gasteiger partial charge in [0.2, 0.25) is 0 Å². The van der Waals surface area contributed by atoms with Crippen LogP contribution in [0.3, 0.4) is 0 Å². The average molecular weight is 277 g/mol. The highest BCUT2D eigenvalue weighted by molar-refractivity contribution is 5.92. The van der Waals surface area contributed by atoms with Crippen LogP contribution in [0.4, 0.5) is 11.4 Å². The molecule has 20 heavy (non-hydrogen) atoms. The summed E-state index contributed by atoms with van der Waals surface area (Å²) in [6, 6.07) is 6.13. The third-order valence-corrected chi connectivity index (χ3v) is 4.04. The first-order valence-corrected chi connectivity index (χ1v) is 6.96. The molecule has 0 bridgehead atoms. The van der Waals surface area contributed by atoms with Crippen molar-refractivity contribution in [2.75, 3.05) is 31.8 Å². The highest BCUT2D eigenvalue weighted by atomic mass is 16.5. The van der Waals surface area contributed by atoms with E-state index in [2.05, 4.69) is 24.2 Å². The lowest BCUT2D eigenvalue weighted by atomic mass is 9.98. The normalized spacial score (nSPS) is 23.4. The van der Waals surface area contributed by atoms with Gasteiger partial charge in [-0.15, -0.1) is 0 Å². The van der Waals surface area contributed by atoms with Crippen molar-refractivity contribution in [3.63, 3.8) is 0 Å². The second-order valence-corrected chi connectivity index (χ2v) is 5.49. The van der Waals surface area contributed by atoms with Gasteiger partial charge in [0.25, 0.3) is 0 Å². The summed E-state index contributed by atoms with van der Waals surface area (Å²) >= 11 is 0. The summed E-state index contributed by atoms with van der Waals surface area (Å²) in [5.41, 5.74) is 7.98. The number of nitrogens with two attached hydrogens (primary N) is 1. The highest BCUT2D eigenvalue weighted by Crippen LogP contribution is 2.25. The Morgan fingerprint density at radius 1 is 1.50 bits per heavy atom. The van der Waals surface area contributed by atoms with Crippen LogP contribution < -0.4 is 11.1 Å². The van der Waals surface area contributed by atoms with E-state index in [9.17, 15) is 4.79 Å². The molecular formula is C15H23N3O2. The zero-order valence-electron chi connectivity index (χ0n) is 12.3. The van der Waals surface area contributed by atoms with Crippen molar-refractivity contribution < 1.29 is 9.53 Å². The molecule has 0 saturated carbocycles. The summed E-state index contributed by atoms with van der Waals surface area (Å²) in [6.45, 7) is 3.29. The van der Waals surface area contributed by atoms with Crippen molar-refractivity contribution in [1.82, 2.24) is 4.90 Å². The van der Waals surface area contributed by atoms with E-state index in [-0.39, 0.29) is 5.97 Å². The summed E-state index contributed by atoms with van der Waals surface area (Å²) in [7, 11) is 3.53. The van der Waals surface area contributed by atoms with Crippen molar-refractivity contribution in [3.8, 4) is 0 Å². The predicted molar refractivity (Wildman–Crippen MR) is 80.9 cm³/mol. The van der Waals surface area contributed by atoms with Crippen molar-refractivity contribution in [3.05, 3.63) is 23.8 Å². The molecule has 1 saturated heterocycles. The largest absolute Gasteiger partial charge is 0.465 e. The minimum absolute atomic E-state index is 0.343. The Morgan fingerprint density at radius 3 is 2.90 bits per heavy atom. The van der Waals surface area contributed by atoms with Crippen molar-refractivity contribution >= 4 is 17.3 Å². The van der Waals surface area contributed by atoms with Crippen LogP contribution in [-0.4, -0.2) is 43.7 Å². The summed E-state index contributed by atoms with van der Waals surface area (Å²) in [5.74, 6) is -0.343. The fraction of sp³-hybridized carbons (Fsp3) is 0.533. The van der Waals surface area contributed by atoms with E-state index in [1.54, 1.807) is 18.2 Å². The lowest BCUT2D eigenvalue weighted by Gasteiger charge is -2.36. The van der Waals surface area contributed by atoms with Crippen LogP contribution in [0.5, 0.6) is 0 Å². The maximum absolute atomic E-state index is 11.6. The molecule has 110 valence electrons. The van der Waals surface area contributed by atoms with Gasteiger partial charge in [0, 0.05) is 18.6 Å². The lowest BCUT2D eigenvalue weighted by Crippen LogP contribution is -2.42. The van der Waals surface area contributed by atoms with E-state index >= 15 is 0 Å². The molecule has 1 heterocycles. The SMILES string of the molecule is COC(=O)c1ccc(N)c(NC2CCN(C)C(C)C2)c1. The van der Waals surface area contributed by atoms with Crippen molar-refractivity contribution in [2.45, 2.75) is 31.8 Å². The third-order valence-electron chi connectivity index (χ3n) is 4.04. The minimum Gasteiger partial charge on any atom is -0.465 e. The number of piperidine rings is 1. The lowest BCUT2D eigenvalue weighted by molar-refractivity contribution is 0.0601. The molecule has 0 radical (unpaired) electrons. The number of carbonyl (C=O) groups excluding carboxylic acids is 1. The summed E-state index contributed by atoms with van der Waals surface area (Å²) in [6.07, 6.45) is 2.14. The average Bonchev–Trinajstić information content (AvgIpc) is 2.44. The third kappa shape index (κ3) is 3.22. The van der Waals surface area contributed by atoms with E-state index in [4.69, 9.17) is 10.5 Å². The number of anilines is 2. The Hall–Kier alpha value is -1.75. The molecule has 5 nitrogen and oxygen atoms in total. The molecule has 1 aliphatic rings. The number of benzene rings is 1. The van der Waals surface area contributed by atoms with Gasteiger partial charge < -0.3 is 20.7 Å². The summed E-state index contributed by atoms with van der Waals surface area (Å²) in [4.78, 5) is 13.9. The molecule has 2 unspecified atom stereocenters. The van der Waals surface area contributed by atoms with E-state index in [0.29, 0.717) is 23.3 Å². The van der Waals surface area contributed by atoms with Gasteiger partial charge in [0.1, 0.15) is 0 Å². The first kappa shape index (κ1) is 14.7. The number of hydrogen-bond acceptors (Lipinski definition) is 5. The van der Waals surface area contributed by atoms with Crippen LogP contribution >= 0.6 is 0 Å². The fourth-order valence-electron chi connectivity index (χ4n) is 2.57. The Morgan fingerprint density at radius 2 is 2.25 bits per heavy atom. The number of methoxy groups -OCH3 is 1. The van der Waals surface area contributed by atoms with Gasteiger partial charge in [-0.1, -0.05) is 0 Å². The van der Waals surface area contributed by atoms with Gasteiger partial charge in [0.05, 0.1) is 24.0 Å². The second kappa shape index (κ2) is 6.13. The van der Waals surface area contributed by atoms with Gasteiger partial charge in [-0.3, -0.25) is 0 Å². The molecule has 1 fully saturated rings. The zero-order chi connectivity index (χ0) is 14.7. The van der Waals surface area contributed by atoms with Gasteiger partial charge in [0.15, 0.2) is 0 Å². The maximum atomic E-state index is 11.6. The molecule has 3 N–H and O–H groups in total. The Labute approximate surface area is 120 Å². The molecule has 0 spiro atoms. The number of esters is 1. The zero-order valence-corrected chi connectivity index (χ0v) is 12.3. The summed E-state index contributed by atoms with van der Waals surface area (Å²) in [5, 5.41) is 3.46. The number of nitrogens with zero attached hydrogens (tertiary/aromatic N) is 1. The van der Waals surface area contributed by atoms with Crippen LogP contribution in [0.1, 0.15) is 30.1 Å². The van der Waals surface area contributed by atoms with E-state index in [1.807, 2.05) is 0 Å². The van der Waals surface area contributed by atoms with Crippen LogP contribution in [-0.2, 0) is 4.74 Å². The van der Waals surface area contributed by atoms with E-state index in [1.165, 1.54) is 7.11 Å². The Kier molecular flexibility index (Phi) is 4.49. The smallest absolute Gasteiger partial charge is 0.337 e. The molecular weight excluding hydrogens is 254 g/mol. The Balaban J connectivity index is 2.10. The van der Waals surface area contributed by atoms with Gasteiger partial charge >= 0.3 is 5.97 Å². The molecule has 2 rings (SSSR count). The molecule has 2 atom stereocenters. The predicted octanol–water partition coefficient (Wildman–Crippen LogP) is 1.95. The number of carbonyl (C=O) groups is 1. The number of nitrogens with one attached hydrogen (secondary N) is 1. The molecule has 0 aromatic heterocycles. The molecule has 1 aromatic carbocycles. The number of hydrogen-bond donors (Lipinski definition) is 2. The summed E-state index contributed by atoms with van der Waals surface area (Å²) < 4.78 is 4.74.